The van der Waals surface area contributed by atoms with Crippen LogP contribution in [0.25, 0.3) is 0 Å². The molecule has 15 heavy (non-hydrogen) atoms. The maximum Gasteiger partial charge on any atom is 0.159 e. The lowest BCUT2D eigenvalue weighted by Gasteiger charge is -2.18. The van der Waals surface area contributed by atoms with Gasteiger partial charge in [-0.3, -0.25) is 4.79 Å². The van der Waals surface area contributed by atoms with Crippen molar-refractivity contribution in [1.29, 1.82) is 0 Å². The lowest BCUT2D eigenvalue weighted by molar-refractivity contribution is 0.0944. The first-order valence-electron chi connectivity index (χ1n) is 4.96. The quantitative estimate of drug-likeness (QED) is 0.743. The number of nitrogens with one attached hydrogen (secondary N) is 1. The third-order valence-electron chi connectivity index (χ3n) is 2.02. The second-order valence-electron chi connectivity index (χ2n) is 4.30. The van der Waals surface area contributed by atoms with Gasteiger partial charge >= 0.3 is 0 Å². The Morgan fingerprint density at radius 1 is 1.33 bits per heavy atom. The second kappa shape index (κ2) is 4.45. The molecule has 0 atom stereocenters. The summed E-state index contributed by atoms with van der Waals surface area (Å²) >= 11 is 0. The molecule has 0 bridgehead atoms. The van der Waals surface area contributed by atoms with Crippen LogP contribution in [0.15, 0.2) is 24.3 Å². The number of rotatable bonds is 4. The second-order valence-corrected chi connectivity index (χ2v) is 4.30. The minimum absolute atomic E-state index is 0.0593. The number of hydrogen-bond acceptors (Lipinski definition) is 3. The molecule has 0 aliphatic heterocycles. The Morgan fingerprint density at radius 2 is 1.87 bits per heavy atom. The Kier molecular flexibility index (Phi) is 3.48. The Balaban J connectivity index is 2.61. The zero-order valence-electron chi connectivity index (χ0n) is 9.37. The van der Waals surface area contributed by atoms with Crippen LogP contribution in [0.2, 0.25) is 0 Å². The summed E-state index contributed by atoms with van der Waals surface area (Å²) in [7, 11) is 0. The Morgan fingerprint density at radius 3 is 2.27 bits per heavy atom. The number of benzene rings is 1. The van der Waals surface area contributed by atoms with E-state index >= 15 is 0 Å². The molecule has 0 saturated heterocycles. The summed E-state index contributed by atoms with van der Waals surface area (Å²) in [6.07, 6.45) is 0. The number of ketones is 1. The van der Waals surface area contributed by atoms with Gasteiger partial charge < -0.3 is 10.4 Å². The van der Waals surface area contributed by atoms with E-state index in [0.29, 0.717) is 12.1 Å². The molecule has 3 nitrogen and oxygen atoms in total. The molecule has 0 aromatic heterocycles. The lowest BCUT2D eigenvalue weighted by Crippen LogP contribution is -2.29. The molecule has 0 amide bonds. The summed E-state index contributed by atoms with van der Waals surface area (Å²) in [6.45, 7) is 5.50. The van der Waals surface area contributed by atoms with Crippen molar-refractivity contribution in [2.24, 2.45) is 0 Å². The fourth-order valence-electron chi connectivity index (χ4n) is 1.14. The number of aliphatic hydroxyl groups is 1. The third-order valence-corrected chi connectivity index (χ3v) is 2.02. The standard InChI is InChI=1S/C12H17NO2/c1-9(14)10-4-6-11(7-5-10)13-8-12(2,3)15/h4-7,13,15H,8H2,1-3H3. The Bertz CT molecular complexity index is 336. The highest BCUT2D eigenvalue weighted by atomic mass is 16.3. The van der Waals surface area contributed by atoms with E-state index in [1.165, 1.54) is 0 Å². The summed E-state index contributed by atoms with van der Waals surface area (Å²) < 4.78 is 0. The highest BCUT2D eigenvalue weighted by Gasteiger charge is 2.11. The molecule has 0 aliphatic rings. The largest absolute Gasteiger partial charge is 0.389 e. The van der Waals surface area contributed by atoms with Crippen molar-refractivity contribution in [1.82, 2.24) is 0 Å². The lowest BCUT2D eigenvalue weighted by atomic mass is 10.1. The highest BCUT2D eigenvalue weighted by Crippen LogP contribution is 2.11. The van der Waals surface area contributed by atoms with Crippen LogP contribution >= 0.6 is 0 Å². The molecule has 0 fully saturated rings. The Labute approximate surface area is 90.1 Å². The maximum absolute atomic E-state index is 11.0. The summed E-state index contributed by atoms with van der Waals surface area (Å²) in [5.74, 6) is 0.0593. The van der Waals surface area contributed by atoms with Gasteiger partial charge in [0.05, 0.1) is 5.60 Å². The van der Waals surface area contributed by atoms with Crippen LogP contribution in [0.4, 0.5) is 5.69 Å². The first-order valence-corrected chi connectivity index (χ1v) is 4.96. The van der Waals surface area contributed by atoms with E-state index in [4.69, 9.17) is 0 Å². The minimum Gasteiger partial charge on any atom is -0.389 e. The fourth-order valence-corrected chi connectivity index (χ4v) is 1.14. The smallest absolute Gasteiger partial charge is 0.159 e. The van der Waals surface area contributed by atoms with E-state index in [0.717, 1.165) is 5.69 Å². The van der Waals surface area contributed by atoms with Crippen LogP contribution in [0, 0.1) is 0 Å². The molecule has 0 aliphatic carbocycles. The van der Waals surface area contributed by atoms with Gasteiger partial charge in [-0.25, -0.2) is 0 Å². The van der Waals surface area contributed by atoms with Crippen LogP contribution in [0.3, 0.4) is 0 Å². The Hall–Kier alpha value is -1.35. The van der Waals surface area contributed by atoms with Crippen LogP contribution < -0.4 is 5.32 Å². The zero-order valence-corrected chi connectivity index (χ0v) is 9.37. The normalized spacial score (nSPS) is 11.2. The number of carbonyl (C=O) groups excluding carboxylic acids is 1. The van der Waals surface area contributed by atoms with Gasteiger partial charge in [-0.2, -0.15) is 0 Å². The third kappa shape index (κ3) is 4.13. The minimum atomic E-state index is -0.737. The fraction of sp³-hybridized carbons (Fsp3) is 0.417. The van der Waals surface area contributed by atoms with E-state index in [1.54, 1.807) is 32.9 Å². The van der Waals surface area contributed by atoms with Crippen LogP contribution in [0.5, 0.6) is 0 Å². The molecule has 0 unspecified atom stereocenters. The van der Waals surface area contributed by atoms with Crippen molar-refractivity contribution in [2.45, 2.75) is 26.4 Å². The molecule has 82 valence electrons. The van der Waals surface area contributed by atoms with E-state index in [-0.39, 0.29) is 5.78 Å². The van der Waals surface area contributed by atoms with Crippen molar-refractivity contribution in [3.8, 4) is 0 Å². The van der Waals surface area contributed by atoms with Crippen LogP contribution in [-0.4, -0.2) is 23.0 Å². The number of anilines is 1. The maximum atomic E-state index is 11.0. The monoisotopic (exact) mass is 207 g/mol. The molecule has 0 radical (unpaired) electrons. The van der Waals surface area contributed by atoms with E-state index in [9.17, 15) is 9.90 Å². The molecule has 0 saturated carbocycles. The molecule has 1 aromatic rings. The van der Waals surface area contributed by atoms with Gasteiger partial charge in [0.15, 0.2) is 5.78 Å². The SMILES string of the molecule is CC(=O)c1ccc(NCC(C)(C)O)cc1. The topological polar surface area (TPSA) is 49.3 Å². The van der Waals surface area contributed by atoms with Gasteiger partial charge in [-0.05, 0) is 45.0 Å². The molecule has 1 aromatic carbocycles. The summed E-state index contributed by atoms with van der Waals surface area (Å²) in [5, 5.41) is 12.6. The van der Waals surface area contributed by atoms with Gasteiger partial charge in [0.25, 0.3) is 0 Å². The predicted octanol–water partition coefficient (Wildman–Crippen LogP) is 2.07. The average Bonchev–Trinajstić information content (AvgIpc) is 2.14. The summed E-state index contributed by atoms with van der Waals surface area (Å²) in [4.78, 5) is 11.0. The highest BCUT2D eigenvalue weighted by molar-refractivity contribution is 5.94. The molecule has 1 rings (SSSR count). The number of carbonyl (C=O) groups is 1. The van der Waals surface area contributed by atoms with Crippen molar-refractivity contribution in [3.63, 3.8) is 0 Å². The van der Waals surface area contributed by atoms with Gasteiger partial charge in [-0.15, -0.1) is 0 Å². The van der Waals surface area contributed by atoms with Crippen molar-refractivity contribution >= 4 is 11.5 Å². The number of Topliss-reactive ketones (excluding diaryl/α,β-unsaturated/α-hetero) is 1. The summed E-state index contributed by atoms with van der Waals surface area (Å²) in [6, 6.07) is 7.22. The van der Waals surface area contributed by atoms with Crippen molar-refractivity contribution < 1.29 is 9.90 Å². The van der Waals surface area contributed by atoms with E-state index in [1.807, 2.05) is 12.1 Å². The van der Waals surface area contributed by atoms with Crippen LogP contribution in [0.1, 0.15) is 31.1 Å². The molecular formula is C12H17NO2. The summed E-state index contributed by atoms with van der Waals surface area (Å²) in [5.41, 5.74) is 0.866. The van der Waals surface area contributed by atoms with Gasteiger partial charge in [0.2, 0.25) is 0 Å². The molecule has 0 heterocycles. The van der Waals surface area contributed by atoms with Crippen molar-refractivity contribution in [2.75, 3.05) is 11.9 Å². The molecule has 0 spiro atoms. The van der Waals surface area contributed by atoms with Gasteiger partial charge in [0.1, 0.15) is 0 Å². The number of hydrogen-bond donors (Lipinski definition) is 2. The average molecular weight is 207 g/mol. The van der Waals surface area contributed by atoms with Crippen molar-refractivity contribution in [3.05, 3.63) is 29.8 Å². The first kappa shape index (κ1) is 11.7. The van der Waals surface area contributed by atoms with E-state index in [2.05, 4.69) is 5.32 Å². The van der Waals surface area contributed by atoms with E-state index < -0.39 is 5.60 Å². The molecular weight excluding hydrogens is 190 g/mol. The first-order chi connectivity index (χ1) is 6.88. The van der Waals surface area contributed by atoms with Gasteiger partial charge in [0, 0.05) is 17.8 Å². The molecule has 2 N–H and O–H groups in total. The van der Waals surface area contributed by atoms with Gasteiger partial charge in [-0.1, -0.05) is 0 Å². The molecule has 3 heteroatoms. The zero-order chi connectivity index (χ0) is 11.5. The predicted molar refractivity (Wildman–Crippen MR) is 61.2 cm³/mol. The van der Waals surface area contributed by atoms with Crippen LogP contribution in [-0.2, 0) is 0 Å².